The quantitative estimate of drug-likeness (QED) is 0.414. The molecule has 0 fully saturated rings. The first-order valence-corrected chi connectivity index (χ1v) is 11.1. The van der Waals surface area contributed by atoms with E-state index in [1.807, 2.05) is 24.3 Å². The summed E-state index contributed by atoms with van der Waals surface area (Å²) in [4.78, 5) is 7.60. The molecule has 160 valence electrons. The fourth-order valence-corrected chi connectivity index (χ4v) is 4.31. The number of halogens is 3. The van der Waals surface area contributed by atoms with Gasteiger partial charge in [0, 0.05) is 5.56 Å². The normalized spacial score (nSPS) is 12.6. The van der Waals surface area contributed by atoms with Crippen LogP contribution in [0.25, 0.3) is 33.5 Å². The van der Waals surface area contributed by atoms with Crippen molar-refractivity contribution < 1.29 is 21.6 Å². The Labute approximate surface area is 177 Å². The van der Waals surface area contributed by atoms with Crippen molar-refractivity contribution in [1.82, 2.24) is 9.97 Å². The summed E-state index contributed by atoms with van der Waals surface area (Å²) in [6.45, 7) is 3.29. The number of H-pyrrole nitrogens is 1. The maximum Gasteiger partial charge on any atom is 0.416 e. The van der Waals surface area contributed by atoms with Crippen molar-refractivity contribution in [2.45, 2.75) is 30.2 Å². The predicted molar refractivity (Wildman–Crippen MR) is 114 cm³/mol. The monoisotopic (exact) mass is 444 g/mol. The highest BCUT2D eigenvalue weighted by molar-refractivity contribution is 7.92. The standard InChI is InChI=1S/C23H19F3N2O2S/c1-14(2)31(29,30)19-10-7-16(8-11-19)15-3-5-17(6-4-15)22-27-20-12-9-18(23(24,25)26)13-21(20)28-22/h3-14H,1-2H3,(H,27,28). The van der Waals surface area contributed by atoms with Crippen molar-refractivity contribution in [3.05, 3.63) is 72.3 Å². The van der Waals surface area contributed by atoms with E-state index in [0.717, 1.165) is 28.8 Å². The SMILES string of the molecule is CC(C)S(=O)(=O)c1ccc(-c2ccc(-c3nc4ccc(C(F)(F)F)cc4[nH]3)cc2)cc1. The highest BCUT2D eigenvalue weighted by atomic mass is 32.2. The number of imidazole rings is 1. The van der Waals surface area contributed by atoms with E-state index in [-0.39, 0.29) is 4.90 Å². The van der Waals surface area contributed by atoms with E-state index >= 15 is 0 Å². The molecule has 4 rings (SSSR count). The molecular formula is C23H19F3N2O2S. The van der Waals surface area contributed by atoms with Crippen molar-refractivity contribution >= 4 is 20.9 Å². The summed E-state index contributed by atoms with van der Waals surface area (Å²) < 4.78 is 63.3. The van der Waals surface area contributed by atoms with E-state index in [1.54, 1.807) is 38.1 Å². The lowest BCUT2D eigenvalue weighted by molar-refractivity contribution is -0.137. The van der Waals surface area contributed by atoms with Crippen LogP contribution in [0.3, 0.4) is 0 Å². The number of rotatable bonds is 4. The molecule has 1 N–H and O–H groups in total. The first-order valence-electron chi connectivity index (χ1n) is 9.57. The van der Waals surface area contributed by atoms with Crippen molar-refractivity contribution in [2.75, 3.05) is 0 Å². The highest BCUT2D eigenvalue weighted by Crippen LogP contribution is 2.32. The summed E-state index contributed by atoms with van der Waals surface area (Å²) >= 11 is 0. The fourth-order valence-electron chi connectivity index (χ4n) is 3.25. The van der Waals surface area contributed by atoms with Gasteiger partial charge in [0.1, 0.15) is 5.82 Å². The number of sulfone groups is 1. The van der Waals surface area contributed by atoms with Gasteiger partial charge in [-0.2, -0.15) is 13.2 Å². The number of hydrogen-bond acceptors (Lipinski definition) is 3. The van der Waals surface area contributed by atoms with Crippen LogP contribution in [0.5, 0.6) is 0 Å². The topological polar surface area (TPSA) is 62.8 Å². The lowest BCUT2D eigenvalue weighted by Crippen LogP contribution is -2.13. The minimum atomic E-state index is -4.41. The highest BCUT2D eigenvalue weighted by Gasteiger charge is 2.30. The fraction of sp³-hybridized carbons (Fsp3) is 0.174. The Balaban J connectivity index is 1.61. The molecule has 1 aromatic heterocycles. The van der Waals surface area contributed by atoms with Gasteiger partial charge < -0.3 is 4.98 Å². The Hall–Kier alpha value is -3.13. The van der Waals surface area contributed by atoms with Crippen molar-refractivity contribution in [1.29, 1.82) is 0 Å². The molecule has 0 aliphatic carbocycles. The van der Waals surface area contributed by atoms with Crippen LogP contribution < -0.4 is 0 Å². The van der Waals surface area contributed by atoms with Crippen LogP contribution in [-0.2, 0) is 16.0 Å². The summed E-state index contributed by atoms with van der Waals surface area (Å²) in [6.07, 6.45) is -4.41. The zero-order valence-electron chi connectivity index (χ0n) is 16.7. The summed E-state index contributed by atoms with van der Waals surface area (Å²) in [6, 6.07) is 17.4. The Morgan fingerprint density at radius 1 is 0.839 bits per heavy atom. The summed E-state index contributed by atoms with van der Waals surface area (Å²) in [7, 11) is -3.33. The van der Waals surface area contributed by atoms with Crippen molar-refractivity contribution in [3.8, 4) is 22.5 Å². The third kappa shape index (κ3) is 4.07. The molecule has 1 heterocycles. The zero-order chi connectivity index (χ0) is 22.4. The van der Waals surface area contributed by atoms with Crippen LogP contribution in [0.1, 0.15) is 19.4 Å². The van der Waals surface area contributed by atoms with Gasteiger partial charge in [-0.05, 0) is 55.3 Å². The molecule has 4 aromatic rings. The smallest absolute Gasteiger partial charge is 0.338 e. The molecule has 0 aliphatic rings. The molecule has 0 radical (unpaired) electrons. The van der Waals surface area contributed by atoms with Gasteiger partial charge in [-0.15, -0.1) is 0 Å². The van der Waals surface area contributed by atoms with Gasteiger partial charge in [-0.1, -0.05) is 36.4 Å². The molecule has 0 saturated heterocycles. The summed E-state index contributed by atoms with van der Waals surface area (Å²) in [5.41, 5.74) is 2.51. The van der Waals surface area contributed by atoms with Crippen molar-refractivity contribution in [3.63, 3.8) is 0 Å². The van der Waals surface area contributed by atoms with Gasteiger partial charge in [-0.25, -0.2) is 13.4 Å². The maximum atomic E-state index is 12.9. The molecule has 0 unspecified atom stereocenters. The van der Waals surface area contributed by atoms with Crippen molar-refractivity contribution in [2.24, 2.45) is 0 Å². The van der Waals surface area contributed by atoms with Crippen LogP contribution in [0.4, 0.5) is 13.2 Å². The van der Waals surface area contributed by atoms with Crippen LogP contribution in [0.15, 0.2) is 71.6 Å². The molecule has 31 heavy (non-hydrogen) atoms. The van der Waals surface area contributed by atoms with Gasteiger partial charge in [0.05, 0.1) is 26.7 Å². The second kappa shape index (κ2) is 7.53. The van der Waals surface area contributed by atoms with E-state index in [0.29, 0.717) is 16.9 Å². The predicted octanol–water partition coefficient (Wildman–Crippen LogP) is 6.10. The zero-order valence-corrected chi connectivity index (χ0v) is 17.6. The Bertz CT molecular complexity index is 1340. The van der Waals surface area contributed by atoms with Gasteiger partial charge in [0.15, 0.2) is 9.84 Å². The molecule has 3 aromatic carbocycles. The third-order valence-corrected chi connectivity index (χ3v) is 7.27. The number of aromatic nitrogens is 2. The maximum absolute atomic E-state index is 12.9. The molecule has 0 saturated carbocycles. The minimum Gasteiger partial charge on any atom is -0.338 e. The van der Waals surface area contributed by atoms with Gasteiger partial charge in [-0.3, -0.25) is 0 Å². The van der Waals surface area contributed by atoms with Crippen LogP contribution in [0, 0.1) is 0 Å². The average molecular weight is 444 g/mol. The van der Waals surface area contributed by atoms with Crippen LogP contribution in [-0.4, -0.2) is 23.6 Å². The first-order chi connectivity index (χ1) is 14.6. The number of benzene rings is 3. The Morgan fingerprint density at radius 2 is 1.39 bits per heavy atom. The molecule has 8 heteroatoms. The first kappa shape index (κ1) is 21.1. The molecule has 0 amide bonds. The van der Waals surface area contributed by atoms with E-state index in [2.05, 4.69) is 9.97 Å². The van der Waals surface area contributed by atoms with E-state index in [4.69, 9.17) is 0 Å². The van der Waals surface area contributed by atoms with Gasteiger partial charge >= 0.3 is 6.18 Å². The molecular weight excluding hydrogens is 425 g/mol. The lowest BCUT2D eigenvalue weighted by Gasteiger charge is -2.09. The Morgan fingerprint density at radius 3 is 1.94 bits per heavy atom. The number of alkyl halides is 3. The van der Waals surface area contributed by atoms with Gasteiger partial charge in [0.25, 0.3) is 0 Å². The summed E-state index contributed by atoms with van der Waals surface area (Å²) in [5.74, 6) is 0.472. The number of hydrogen-bond donors (Lipinski definition) is 1. The van der Waals surface area contributed by atoms with E-state index in [1.165, 1.54) is 6.07 Å². The van der Waals surface area contributed by atoms with E-state index < -0.39 is 26.8 Å². The summed E-state index contributed by atoms with van der Waals surface area (Å²) in [5, 5.41) is -0.492. The van der Waals surface area contributed by atoms with E-state index in [9.17, 15) is 21.6 Å². The largest absolute Gasteiger partial charge is 0.416 e. The Kier molecular flexibility index (Phi) is 5.13. The third-order valence-electron chi connectivity index (χ3n) is 5.10. The molecule has 0 bridgehead atoms. The molecule has 4 nitrogen and oxygen atoms in total. The minimum absolute atomic E-state index is 0.281. The van der Waals surface area contributed by atoms with Gasteiger partial charge in [0.2, 0.25) is 0 Å². The number of aromatic amines is 1. The molecule has 0 aliphatic heterocycles. The van der Waals surface area contributed by atoms with Crippen LogP contribution >= 0.6 is 0 Å². The second-order valence-corrected chi connectivity index (χ2v) is 10.0. The molecule has 0 atom stereocenters. The average Bonchev–Trinajstić information content (AvgIpc) is 3.17. The number of fused-ring (bicyclic) bond motifs is 1. The number of nitrogens with one attached hydrogen (secondary N) is 1. The molecule has 0 spiro atoms. The second-order valence-electron chi connectivity index (χ2n) is 7.51. The number of nitrogens with zero attached hydrogens (tertiary/aromatic N) is 1. The lowest BCUT2D eigenvalue weighted by atomic mass is 10.0. The van der Waals surface area contributed by atoms with Crippen LogP contribution in [0.2, 0.25) is 0 Å².